The van der Waals surface area contributed by atoms with Gasteiger partial charge in [-0.1, -0.05) is 26.8 Å². The first kappa shape index (κ1) is 17.9. The monoisotopic (exact) mass is 353 g/mol. The van der Waals surface area contributed by atoms with Crippen LogP contribution in [0.3, 0.4) is 0 Å². The molecule has 1 aromatic carbocycles. The van der Waals surface area contributed by atoms with Gasteiger partial charge in [0.05, 0.1) is 21.9 Å². The molecule has 1 fully saturated rings. The molecule has 1 aromatic rings. The zero-order valence-corrected chi connectivity index (χ0v) is 14.4. The third-order valence-electron chi connectivity index (χ3n) is 3.87. The third-order valence-corrected chi connectivity index (χ3v) is 5.67. The maximum atomic E-state index is 12.8. The highest BCUT2D eigenvalue weighted by molar-refractivity contribution is 7.89. The Kier molecular flexibility index (Phi) is 4.40. The quantitative estimate of drug-likeness (QED) is 0.507. The van der Waals surface area contributed by atoms with Crippen molar-refractivity contribution in [2.75, 3.05) is 0 Å². The fourth-order valence-corrected chi connectivity index (χ4v) is 4.14. The lowest BCUT2D eigenvalue weighted by Gasteiger charge is -2.31. The van der Waals surface area contributed by atoms with Gasteiger partial charge in [0.15, 0.2) is 0 Å². The number of hydrogen-bond acceptors (Lipinski definition) is 5. The molecule has 0 spiro atoms. The fourth-order valence-electron chi connectivity index (χ4n) is 2.64. The van der Waals surface area contributed by atoms with Crippen molar-refractivity contribution in [3.05, 3.63) is 47.0 Å². The first-order chi connectivity index (χ1) is 11.0. The summed E-state index contributed by atoms with van der Waals surface area (Å²) in [5.41, 5.74) is -0.610. The zero-order chi connectivity index (χ0) is 18.3. The SMILES string of the molecule is C=C[C@@H]1[C@@H](C(C)(C)C)NC(=O)N1S(=O)(=O)c1ccc([N+](=O)[O-])cc1. The predicted octanol–water partition coefficient (Wildman–Crippen LogP) is 2.28. The summed E-state index contributed by atoms with van der Waals surface area (Å²) in [4.78, 5) is 22.2. The number of non-ortho nitro benzene ring substituents is 1. The number of nitrogens with zero attached hydrogens (tertiary/aromatic N) is 2. The van der Waals surface area contributed by atoms with E-state index in [1.54, 1.807) is 0 Å². The maximum Gasteiger partial charge on any atom is 0.332 e. The van der Waals surface area contributed by atoms with Crippen LogP contribution in [0.1, 0.15) is 20.8 Å². The van der Waals surface area contributed by atoms with Gasteiger partial charge in [0, 0.05) is 12.1 Å². The normalized spacial score (nSPS) is 21.5. The highest BCUT2D eigenvalue weighted by atomic mass is 32.2. The van der Waals surface area contributed by atoms with Crippen molar-refractivity contribution in [2.45, 2.75) is 37.8 Å². The number of nitro benzene ring substituents is 1. The van der Waals surface area contributed by atoms with Crippen molar-refractivity contribution in [1.82, 2.24) is 9.62 Å². The molecule has 0 aliphatic carbocycles. The van der Waals surface area contributed by atoms with Crippen molar-refractivity contribution >= 4 is 21.7 Å². The minimum atomic E-state index is -4.16. The molecule has 0 unspecified atom stereocenters. The van der Waals surface area contributed by atoms with E-state index in [4.69, 9.17) is 0 Å². The number of carbonyl (C=O) groups is 1. The van der Waals surface area contributed by atoms with Crippen LogP contribution < -0.4 is 5.32 Å². The first-order valence-electron chi connectivity index (χ1n) is 7.22. The summed E-state index contributed by atoms with van der Waals surface area (Å²) >= 11 is 0. The van der Waals surface area contributed by atoms with Gasteiger partial charge in [-0.2, -0.15) is 0 Å². The number of carbonyl (C=O) groups excluding carboxylic acids is 1. The van der Waals surface area contributed by atoms with Crippen LogP contribution in [-0.4, -0.2) is 35.8 Å². The average Bonchev–Trinajstić information content (AvgIpc) is 2.84. The number of nitrogens with one attached hydrogen (secondary N) is 1. The zero-order valence-electron chi connectivity index (χ0n) is 13.6. The standard InChI is InChI=1S/C15H19N3O5S/c1-5-12-13(15(2,3)4)16-14(19)17(12)24(22,23)11-8-6-10(7-9-11)18(20)21/h5-9,12-13H,1H2,2-4H3,(H,16,19)/t12-,13+/m1/s1. The summed E-state index contributed by atoms with van der Waals surface area (Å²) in [7, 11) is -4.16. The predicted molar refractivity (Wildman–Crippen MR) is 87.9 cm³/mol. The summed E-state index contributed by atoms with van der Waals surface area (Å²) in [6, 6.07) is 2.48. The van der Waals surface area contributed by atoms with Gasteiger partial charge >= 0.3 is 6.03 Å². The Labute approximate surface area is 140 Å². The molecule has 1 N–H and O–H groups in total. The van der Waals surface area contributed by atoms with Gasteiger partial charge in [-0.15, -0.1) is 6.58 Å². The largest absolute Gasteiger partial charge is 0.332 e. The van der Waals surface area contributed by atoms with E-state index in [0.717, 1.165) is 28.6 Å². The number of nitro groups is 1. The van der Waals surface area contributed by atoms with Gasteiger partial charge in [-0.3, -0.25) is 10.1 Å². The highest BCUT2D eigenvalue weighted by Gasteiger charge is 2.49. The van der Waals surface area contributed by atoms with Crippen molar-refractivity contribution in [2.24, 2.45) is 5.41 Å². The molecule has 9 heteroatoms. The lowest BCUT2D eigenvalue weighted by molar-refractivity contribution is -0.384. The maximum absolute atomic E-state index is 12.8. The molecule has 0 aromatic heterocycles. The van der Waals surface area contributed by atoms with Crippen LogP contribution >= 0.6 is 0 Å². The van der Waals surface area contributed by atoms with Gasteiger partial charge in [0.1, 0.15) is 0 Å². The molecule has 0 saturated carbocycles. The van der Waals surface area contributed by atoms with Gasteiger partial charge in [0.25, 0.3) is 15.7 Å². The summed E-state index contributed by atoms with van der Waals surface area (Å²) in [5, 5.41) is 13.4. The molecule has 1 heterocycles. The van der Waals surface area contributed by atoms with E-state index >= 15 is 0 Å². The lowest BCUT2D eigenvalue weighted by atomic mass is 9.83. The van der Waals surface area contributed by atoms with Crippen LogP contribution in [-0.2, 0) is 10.0 Å². The molecule has 1 aliphatic heterocycles. The molecule has 130 valence electrons. The highest BCUT2D eigenvalue weighted by Crippen LogP contribution is 2.33. The molecule has 2 rings (SSSR count). The molecule has 2 amide bonds. The molecular formula is C15H19N3O5S. The Morgan fingerprint density at radius 1 is 1.29 bits per heavy atom. The Hall–Kier alpha value is -2.42. The summed E-state index contributed by atoms with van der Waals surface area (Å²) in [6.07, 6.45) is 1.41. The van der Waals surface area contributed by atoms with Crippen molar-refractivity contribution in [3.8, 4) is 0 Å². The second-order valence-corrected chi connectivity index (χ2v) is 8.39. The Morgan fingerprint density at radius 3 is 2.25 bits per heavy atom. The Balaban J connectivity index is 2.46. The number of amides is 2. The molecule has 0 bridgehead atoms. The fraction of sp³-hybridized carbons (Fsp3) is 0.400. The van der Waals surface area contributed by atoms with Gasteiger partial charge in [0.2, 0.25) is 0 Å². The van der Waals surface area contributed by atoms with E-state index in [1.165, 1.54) is 6.08 Å². The first-order valence-corrected chi connectivity index (χ1v) is 8.66. The topological polar surface area (TPSA) is 110 Å². The van der Waals surface area contributed by atoms with Crippen LogP contribution in [0.4, 0.5) is 10.5 Å². The Morgan fingerprint density at radius 2 is 1.83 bits per heavy atom. The average molecular weight is 353 g/mol. The molecule has 2 atom stereocenters. The van der Waals surface area contributed by atoms with Crippen LogP contribution in [0.2, 0.25) is 0 Å². The molecule has 24 heavy (non-hydrogen) atoms. The van der Waals surface area contributed by atoms with E-state index in [-0.39, 0.29) is 16.0 Å². The van der Waals surface area contributed by atoms with E-state index in [0.29, 0.717) is 0 Å². The minimum Gasteiger partial charge on any atom is -0.331 e. The third kappa shape index (κ3) is 2.99. The van der Waals surface area contributed by atoms with Crippen LogP contribution in [0.15, 0.2) is 41.8 Å². The van der Waals surface area contributed by atoms with E-state index in [9.17, 15) is 23.3 Å². The summed E-state index contributed by atoms with van der Waals surface area (Å²) in [6.45, 7) is 9.30. The molecular weight excluding hydrogens is 334 g/mol. The van der Waals surface area contributed by atoms with Crippen molar-refractivity contribution in [1.29, 1.82) is 0 Å². The minimum absolute atomic E-state index is 0.190. The van der Waals surface area contributed by atoms with Crippen molar-refractivity contribution < 1.29 is 18.1 Å². The van der Waals surface area contributed by atoms with Crippen molar-refractivity contribution in [3.63, 3.8) is 0 Å². The van der Waals surface area contributed by atoms with Gasteiger partial charge < -0.3 is 5.32 Å². The smallest absolute Gasteiger partial charge is 0.331 e. The second-order valence-electron chi connectivity index (χ2n) is 6.57. The van der Waals surface area contributed by atoms with Gasteiger partial charge in [-0.05, 0) is 17.5 Å². The Bertz CT molecular complexity index is 780. The van der Waals surface area contributed by atoms with Crippen LogP contribution in [0.5, 0.6) is 0 Å². The summed E-state index contributed by atoms with van der Waals surface area (Å²) in [5.74, 6) is 0. The number of sulfonamides is 1. The van der Waals surface area contributed by atoms with E-state index in [1.807, 2.05) is 20.8 Å². The number of urea groups is 1. The molecule has 8 nitrogen and oxygen atoms in total. The molecule has 0 radical (unpaired) electrons. The van der Waals surface area contributed by atoms with E-state index in [2.05, 4.69) is 11.9 Å². The molecule has 1 saturated heterocycles. The number of rotatable bonds is 4. The van der Waals surface area contributed by atoms with Gasteiger partial charge in [-0.25, -0.2) is 17.5 Å². The number of hydrogen-bond donors (Lipinski definition) is 1. The van der Waals surface area contributed by atoms with E-state index < -0.39 is 33.1 Å². The van der Waals surface area contributed by atoms with Crippen LogP contribution in [0, 0.1) is 15.5 Å². The summed E-state index contributed by atoms with van der Waals surface area (Å²) < 4.78 is 26.4. The second kappa shape index (κ2) is 5.90. The lowest BCUT2D eigenvalue weighted by Crippen LogP contribution is -2.44. The van der Waals surface area contributed by atoms with Crippen LogP contribution in [0.25, 0.3) is 0 Å². The molecule has 1 aliphatic rings. The number of benzene rings is 1.